The third-order valence-corrected chi connectivity index (χ3v) is 8.30. The first-order chi connectivity index (χ1) is 22.3. The molecule has 0 bridgehead atoms. The normalized spacial score (nSPS) is 14.2. The lowest BCUT2D eigenvalue weighted by Gasteiger charge is -2.29. The van der Waals surface area contributed by atoms with Gasteiger partial charge in [-0.25, -0.2) is 4.79 Å². The second-order valence-corrected chi connectivity index (χ2v) is 12.0. The molecule has 1 fully saturated rings. The van der Waals surface area contributed by atoms with Crippen LogP contribution in [-0.2, 0) is 16.0 Å². The van der Waals surface area contributed by atoms with Gasteiger partial charge in [0.05, 0.1) is 23.6 Å². The van der Waals surface area contributed by atoms with Gasteiger partial charge in [0.2, 0.25) is 0 Å². The number of benzene rings is 2. The number of nitrogen functional groups attached to an aromatic ring is 1. The molecule has 1 aliphatic rings. The molecule has 1 aliphatic carbocycles. The number of hydrogen-bond donors (Lipinski definition) is 3. The van der Waals surface area contributed by atoms with Crippen LogP contribution in [0.5, 0.6) is 0 Å². The summed E-state index contributed by atoms with van der Waals surface area (Å²) >= 11 is 0. The summed E-state index contributed by atoms with van der Waals surface area (Å²) in [6.07, 6.45) is 14.7. The van der Waals surface area contributed by atoms with E-state index < -0.39 is 5.91 Å². The summed E-state index contributed by atoms with van der Waals surface area (Å²) in [7, 11) is 0. The lowest BCUT2D eigenvalue weighted by Crippen LogP contribution is -2.30. The Labute approximate surface area is 275 Å². The van der Waals surface area contributed by atoms with Crippen molar-refractivity contribution in [2.24, 2.45) is 16.6 Å². The van der Waals surface area contributed by atoms with E-state index in [1.807, 2.05) is 31.2 Å². The topological polar surface area (TPSA) is 123 Å². The summed E-state index contributed by atoms with van der Waals surface area (Å²) in [5.41, 5.74) is 17.4. The molecule has 1 amide bonds. The average molecular weight is 628 g/mol. The van der Waals surface area contributed by atoms with Crippen LogP contribution in [0.3, 0.4) is 0 Å². The Hall–Kier alpha value is -4.17. The van der Waals surface area contributed by atoms with E-state index in [9.17, 15) is 9.59 Å². The number of amides is 1. The number of carbonyl (C=O) groups excluding carboxylic acids is 2. The molecule has 0 heterocycles. The SMILES string of the molecule is C=C\C=C(/N=C(\C=C(/N)C(=O)Nc1ccc(C(=O)OCCCN(CCC)CCC2CCC2)cc1)CCC)c1ccc(N)c(CC)c1. The van der Waals surface area contributed by atoms with Gasteiger partial charge in [0.1, 0.15) is 0 Å². The van der Waals surface area contributed by atoms with Crippen molar-refractivity contribution in [3.63, 3.8) is 0 Å². The van der Waals surface area contributed by atoms with Gasteiger partial charge in [-0.15, -0.1) is 0 Å². The highest BCUT2D eigenvalue weighted by Gasteiger charge is 2.18. The Balaban J connectivity index is 1.56. The van der Waals surface area contributed by atoms with Gasteiger partial charge in [0, 0.05) is 29.2 Å². The van der Waals surface area contributed by atoms with E-state index in [4.69, 9.17) is 21.2 Å². The predicted octanol–water partition coefficient (Wildman–Crippen LogP) is 7.53. The second kappa shape index (κ2) is 19.4. The molecule has 1 saturated carbocycles. The van der Waals surface area contributed by atoms with Gasteiger partial charge in [-0.05, 0) is 105 Å². The minimum absolute atomic E-state index is 0.0324. The number of ether oxygens (including phenoxy) is 1. The van der Waals surface area contributed by atoms with Crippen molar-refractivity contribution in [3.05, 3.63) is 89.7 Å². The number of nitrogens with zero attached hydrogens (tertiary/aromatic N) is 2. The molecular formula is C38H53N5O3. The van der Waals surface area contributed by atoms with Gasteiger partial charge in [0.15, 0.2) is 0 Å². The van der Waals surface area contributed by atoms with Gasteiger partial charge < -0.3 is 26.4 Å². The van der Waals surface area contributed by atoms with Crippen molar-refractivity contribution in [1.29, 1.82) is 0 Å². The van der Waals surface area contributed by atoms with E-state index >= 15 is 0 Å². The first-order valence-electron chi connectivity index (χ1n) is 16.8. The fraction of sp³-hybridized carbons (Fsp3) is 0.447. The molecule has 0 aromatic heterocycles. The lowest BCUT2D eigenvalue weighted by molar-refractivity contribution is -0.112. The Morgan fingerprint density at radius 2 is 1.78 bits per heavy atom. The average Bonchev–Trinajstić information content (AvgIpc) is 3.02. The van der Waals surface area contributed by atoms with Gasteiger partial charge in [-0.1, -0.05) is 65.2 Å². The Bertz CT molecular complexity index is 1390. The van der Waals surface area contributed by atoms with Crippen molar-refractivity contribution in [2.75, 3.05) is 37.3 Å². The quantitative estimate of drug-likeness (QED) is 0.0370. The maximum Gasteiger partial charge on any atom is 0.338 e. The number of nitrogens with one attached hydrogen (secondary N) is 1. The number of esters is 1. The first-order valence-corrected chi connectivity index (χ1v) is 16.8. The molecule has 2 aromatic rings. The van der Waals surface area contributed by atoms with Crippen LogP contribution in [-0.4, -0.2) is 48.7 Å². The number of hydrogen-bond acceptors (Lipinski definition) is 7. The standard InChI is InChI=1S/C38H53N5O3/c1-5-11-33(41-36(12-6-2)31-17-20-34(39)29(8-4)26-31)27-35(40)37(44)42-32-18-15-30(16-19-32)38(45)46-25-10-23-43(22-7-3)24-21-28-13-9-14-28/h6,12,15-20,26-28H,2,5,7-11,13-14,21-25,39-40H2,1,3-4H3,(H,42,44)/b35-27-,36-12-,41-33-. The van der Waals surface area contributed by atoms with E-state index in [0.717, 1.165) is 68.0 Å². The Morgan fingerprint density at radius 3 is 2.41 bits per heavy atom. The van der Waals surface area contributed by atoms with E-state index in [0.29, 0.717) is 35.7 Å². The maximum absolute atomic E-state index is 13.0. The molecule has 46 heavy (non-hydrogen) atoms. The van der Waals surface area contributed by atoms with Crippen LogP contribution in [0, 0.1) is 5.92 Å². The fourth-order valence-corrected chi connectivity index (χ4v) is 5.42. The van der Waals surface area contributed by atoms with Crippen LogP contribution in [0.15, 0.2) is 78.0 Å². The van der Waals surface area contributed by atoms with E-state index in [2.05, 4.69) is 30.6 Å². The number of carbonyl (C=O) groups is 2. The Kier molecular flexibility index (Phi) is 15.3. The lowest BCUT2D eigenvalue weighted by atomic mass is 9.83. The van der Waals surface area contributed by atoms with Crippen molar-refractivity contribution >= 4 is 34.7 Å². The molecular weight excluding hydrogens is 574 g/mol. The third kappa shape index (κ3) is 11.6. The zero-order valence-electron chi connectivity index (χ0n) is 28.0. The Morgan fingerprint density at radius 1 is 1.04 bits per heavy atom. The monoisotopic (exact) mass is 627 g/mol. The third-order valence-electron chi connectivity index (χ3n) is 8.30. The van der Waals surface area contributed by atoms with Crippen LogP contribution in [0.2, 0.25) is 0 Å². The molecule has 0 unspecified atom stereocenters. The zero-order chi connectivity index (χ0) is 33.3. The molecule has 0 aliphatic heterocycles. The molecule has 0 radical (unpaired) electrons. The summed E-state index contributed by atoms with van der Waals surface area (Å²) in [5, 5.41) is 2.80. The fourth-order valence-electron chi connectivity index (χ4n) is 5.42. The van der Waals surface area contributed by atoms with Crippen molar-refractivity contribution in [1.82, 2.24) is 4.90 Å². The molecule has 0 atom stereocenters. The second-order valence-electron chi connectivity index (χ2n) is 12.0. The molecule has 8 nitrogen and oxygen atoms in total. The predicted molar refractivity (Wildman–Crippen MR) is 192 cm³/mol. The maximum atomic E-state index is 13.0. The highest BCUT2D eigenvalue weighted by Crippen LogP contribution is 2.29. The first kappa shape index (κ1) is 36.3. The van der Waals surface area contributed by atoms with Gasteiger partial charge in [-0.2, -0.15) is 0 Å². The zero-order valence-corrected chi connectivity index (χ0v) is 28.0. The van der Waals surface area contributed by atoms with Gasteiger partial charge >= 0.3 is 5.97 Å². The van der Waals surface area contributed by atoms with E-state index in [1.54, 1.807) is 36.4 Å². The van der Waals surface area contributed by atoms with Gasteiger partial charge in [0.25, 0.3) is 5.91 Å². The van der Waals surface area contributed by atoms with Crippen LogP contribution < -0.4 is 16.8 Å². The highest BCUT2D eigenvalue weighted by atomic mass is 16.5. The van der Waals surface area contributed by atoms with Crippen LogP contribution in [0.1, 0.15) is 93.6 Å². The minimum atomic E-state index is -0.455. The highest BCUT2D eigenvalue weighted by molar-refractivity contribution is 6.09. The van der Waals surface area contributed by atoms with Crippen LogP contribution in [0.4, 0.5) is 11.4 Å². The van der Waals surface area contributed by atoms with Crippen molar-refractivity contribution in [3.8, 4) is 0 Å². The van der Waals surface area contributed by atoms with Crippen molar-refractivity contribution in [2.45, 2.75) is 78.6 Å². The van der Waals surface area contributed by atoms with Gasteiger partial charge in [-0.3, -0.25) is 9.79 Å². The number of allylic oxidation sites excluding steroid dienone is 3. The molecule has 8 heteroatoms. The summed E-state index contributed by atoms with van der Waals surface area (Å²) in [6, 6.07) is 12.5. The molecule has 2 aromatic carbocycles. The van der Waals surface area contributed by atoms with E-state index in [1.165, 1.54) is 25.7 Å². The smallest absolute Gasteiger partial charge is 0.338 e. The van der Waals surface area contributed by atoms with Crippen LogP contribution in [0.25, 0.3) is 5.70 Å². The van der Waals surface area contributed by atoms with Crippen LogP contribution >= 0.6 is 0 Å². The number of rotatable bonds is 19. The molecule has 248 valence electrons. The summed E-state index contributed by atoms with van der Waals surface area (Å²) in [6.45, 7) is 13.7. The summed E-state index contributed by atoms with van der Waals surface area (Å²) in [5.74, 6) is 0.0748. The number of aliphatic imine (C=N–C) groups is 1. The minimum Gasteiger partial charge on any atom is -0.462 e. The molecule has 3 rings (SSSR count). The number of nitrogens with two attached hydrogens (primary N) is 2. The van der Waals surface area contributed by atoms with Crippen molar-refractivity contribution < 1.29 is 14.3 Å². The van der Waals surface area contributed by atoms with E-state index in [-0.39, 0.29) is 11.7 Å². The molecule has 0 saturated heterocycles. The largest absolute Gasteiger partial charge is 0.462 e. The number of anilines is 2. The summed E-state index contributed by atoms with van der Waals surface area (Å²) < 4.78 is 5.53. The molecule has 0 spiro atoms. The molecule has 5 N–H and O–H groups in total. The number of aryl methyl sites for hydroxylation is 1. The summed E-state index contributed by atoms with van der Waals surface area (Å²) in [4.78, 5) is 32.9.